The van der Waals surface area contributed by atoms with E-state index in [9.17, 15) is 10.1 Å². The topological polar surface area (TPSA) is 74.1 Å². The number of ether oxygens (including phenoxy) is 3. The third kappa shape index (κ3) is 2.70. The van der Waals surface area contributed by atoms with E-state index in [0.29, 0.717) is 43.4 Å². The second kappa shape index (κ2) is 5.71. The van der Waals surface area contributed by atoms with Gasteiger partial charge >= 0.3 is 5.70 Å². The highest BCUT2D eigenvalue weighted by Gasteiger charge is 2.37. The van der Waals surface area contributed by atoms with Crippen molar-refractivity contribution >= 4 is 6.08 Å². The predicted octanol–water partition coefficient (Wildman–Crippen LogP) is 1.36. The Kier molecular flexibility index (Phi) is 3.76. The molecule has 21 heavy (non-hydrogen) atoms. The van der Waals surface area contributed by atoms with Crippen LogP contribution in [0.25, 0.3) is 6.08 Å². The summed E-state index contributed by atoms with van der Waals surface area (Å²) in [6, 6.07) is 5.28. The lowest BCUT2D eigenvalue weighted by molar-refractivity contribution is -0.439. The van der Waals surface area contributed by atoms with Gasteiger partial charge < -0.3 is 14.2 Å². The number of benzene rings is 1. The maximum absolute atomic E-state index is 11.3. The molecule has 0 aromatic heterocycles. The number of morpholine rings is 1. The fourth-order valence-corrected chi connectivity index (χ4v) is 2.50. The first kappa shape index (κ1) is 13.8. The molecular weight excluding hydrogens is 276 g/mol. The standard InChI is InChI=1S/C14H16N2O5/c1-19-11-2-3-13-10(8-11)9-12(16(17)18)14(21-13)15-4-6-20-7-5-15/h2-3,8-9,14H,4-7H2,1H3. The van der Waals surface area contributed by atoms with E-state index in [1.54, 1.807) is 31.4 Å². The predicted molar refractivity (Wildman–Crippen MR) is 74.8 cm³/mol. The third-order valence-corrected chi connectivity index (χ3v) is 3.60. The molecular formula is C14H16N2O5. The van der Waals surface area contributed by atoms with Crippen LogP contribution < -0.4 is 9.47 Å². The minimum absolute atomic E-state index is 0.0395. The van der Waals surface area contributed by atoms with E-state index < -0.39 is 6.23 Å². The molecule has 1 aromatic rings. The van der Waals surface area contributed by atoms with Gasteiger partial charge in [-0.2, -0.15) is 0 Å². The number of fused-ring (bicyclic) bond motifs is 1. The fourth-order valence-electron chi connectivity index (χ4n) is 2.50. The van der Waals surface area contributed by atoms with Gasteiger partial charge in [0.1, 0.15) is 11.5 Å². The number of nitrogens with zero attached hydrogens (tertiary/aromatic N) is 2. The van der Waals surface area contributed by atoms with Crippen LogP contribution in [-0.2, 0) is 4.74 Å². The molecule has 2 aliphatic heterocycles. The lowest BCUT2D eigenvalue weighted by Crippen LogP contribution is -2.49. The van der Waals surface area contributed by atoms with Gasteiger partial charge in [0, 0.05) is 24.7 Å². The molecule has 1 unspecified atom stereocenters. The molecule has 7 heteroatoms. The first-order valence-corrected chi connectivity index (χ1v) is 6.71. The molecule has 0 spiro atoms. The molecule has 2 heterocycles. The van der Waals surface area contributed by atoms with E-state index in [-0.39, 0.29) is 10.6 Å². The SMILES string of the molecule is COc1ccc2c(c1)C=C([N+](=O)[O-])C(N1CCOCC1)O2. The summed E-state index contributed by atoms with van der Waals surface area (Å²) in [6.07, 6.45) is 0.881. The van der Waals surface area contributed by atoms with Crippen molar-refractivity contribution in [1.82, 2.24) is 4.90 Å². The van der Waals surface area contributed by atoms with E-state index in [2.05, 4.69) is 0 Å². The average Bonchev–Trinajstić information content (AvgIpc) is 2.53. The Bertz CT molecular complexity index is 581. The monoisotopic (exact) mass is 292 g/mol. The Hall–Kier alpha value is -2.12. The average molecular weight is 292 g/mol. The molecule has 0 radical (unpaired) electrons. The quantitative estimate of drug-likeness (QED) is 0.618. The van der Waals surface area contributed by atoms with Gasteiger partial charge in [0.15, 0.2) is 0 Å². The Morgan fingerprint density at radius 3 is 2.81 bits per heavy atom. The molecule has 0 N–H and O–H groups in total. The molecule has 0 saturated carbocycles. The highest BCUT2D eigenvalue weighted by Crippen LogP contribution is 2.34. The van der Waals surface area contributed by atoms with Gasteiger partial charge in [0.05, 0.1) is 25.2 Å². The van der Waals surface area contributed by atoms with Gasteiger partial charge in [0.2, 0.25) is 6.23 Å². The van der Waals surface area contributed by atoms with Crippen LogP contribution in [0.3, 0.4) is 0 Å². The fraction of sp³-hybridized carbons (Fsp3) is 0.429. The smallest absolute Gasteiger partial charge is 0.302 e. The third-order valence-electron chi connectivity index (χ3n) is 3.60. The molecule has 3 rings (SSSR count). The van der Waals surface area contributed by atoms with Crippen molar-refractivity contribution < 1.29 is 19.1 Å². The molecule has 1 aromatic carbocycles. The largest absolute Gasteiger partial charge is 0.497 e. The van der Waals surface area contributed by atoms with Gasteiger partial charge in [-0.15, -0.1) is 0 Å². The van der Waals surface area contributed by atoms with Crippen molar-refractivity contribution in [2.24, 2.45) is 0 Å². The summed E-state index contributed by atoms with van der Waals surface area (Å²) >= 11 is 0. The summed E-state index contributed by atoms with van der Waals surface area (Å²) in [5, 5.41) is 11.3. The number of hydrogen-bond donors (Lipinski definition) is 0. The van der Waals surface area contributed by atoms with Crippen LogP contribution >= 0.6 is 0 Å². The van der Waals surface area contributed by atoms with Gasteiger partial charge in [0.25, 0.3) is 0 Å². The van der Waals surface area contributed by atoms with E-state index in [1.807, 2.05) is 4.90 Å². The summed E-state index contributed by atoms with van der Waals surface area (Å²) < 4.78 is 16.3. The molecule has 0 amide bonds. The number of nitro groups is 1. The van der Waals surface area contributed by atoms with E-state index >= 15 is 0 Å². The van der Waals surface area contributed by atoms with Crippen LogP contribution in [0.5, 0.6) is 11.5 Å². The van der Waals surface area contributed by atoms with Crippen LogP contribution in [0.2, 0.25) is 0 Å². The number of hydrogen-bond acceptors (Lipinski definition) is 6. The first-order chi connectivity index (χ1) is 10.2. The zero-order chi connectivity index (χ0) is 14.8. The summed E-state index contributed by atoms with van der Waals surface area (Å²) in [5.74, 6) is 1.26. The first-order valence-electron chi connectivity index (χ1n) is 6.71. The second-order valence-corrected chi connectivity index (χ2v) is 4.85. The van der Waals surface area contributed by atoms with Gasteiger partial charge in [-0.25, -0.2) is 0 Å². The highest BCUT2D eigenvalue weighted by molar-refractivity contribution is 5.63. The van der Waals surface area contributed by atoms with Crippen LogP contribution in [0.4, 0.5) is 0 Å². The zero-order valence-electron chi connectivity index (χ0n) is 11.7. The van der Waals surface area contributed by atoms with Gasteiger partial charge in [-0.1, -0.05) is 0 Å². The highest BCUT2D eigenvalue weighted by atomic mass is 16.6. The maximum atomic E-state index is 11.3. The maximum Gasteiger partial charge on any atom is 0.302 e. The van der Waals surface area contributed by atoms with Gasteiger partial charge in [-0.3, -0.25) is 15.0 Å². The number of methoxy groups -OCH3 is 1. The second-order valence-electron chi connectivity index (χ2n) is 4.85. The van der Waals surface area contributed by atoms with Crippen LogP contribution in [0.15, 0.2) is 23.9 Å². The molecule has 7 nitrogen and oxygen atoms in total. The normalized spacial score (nSPS) is 22.0. The van der Waals surface area contributed by atoms with Crippen molar-refractivity contribution in [2.75, 3.05) is 33.4 Å². The molecule has 1 saturated heterocycles. The Morgan fingerprint density at radius 1 is 1.38 bits per heavy atom. The Morgan fingerprint density at radius 2 is 2.14 bits per heavy atom. The van der Waals surface area contributed by atoms with Crippen molar-refractivity contribution in [3.8, 4) is 11.5 Å². The summed E-state index contributed by atoms with van der Waals surface area (Å²) in [6.45, 7) is 2.34. The van der Waals surface area contributed by atoms with Crippen molar-refractivity contribution in [1.29, 1.82) is 0 Å². The Labute approximate surface area is 121 Å². The molecule has 2 aliphatic rings. The minimum Gasteiger partial charge on any atom is -0.497 e. The van der Waals surface area contributed by atoms with E-state index in [1.165, 1.54) is 0 Å². The minimum atomic E-state index is -0.676. The van der Waals surface area contributed by atoms with E-state index in [0.717, 1.165) is 0 Å². The van der Waals surface area contributed by atoms with Crippen LogP contribution in [-0.4, -0.2) is 49.5 Å². The molecule has 1 atom stereocenters. The van der Waals surface area contributed by atoms with E-state index in [4.69, 9.17) is 14.2 Å². The van der Waals surface area contributed by atoms with Crippen molar-refractivity contribution in [2.45, 2.75) is 6.23 Å². The Balaban J connectivity index is 1.95. The van der Waals surface area contributed by atoms with Crippen LogP contribution in [0.1, 0.15) is 5.56 Å². The summed E-state index contributed by atoms with van der Waals surface area (Å²) in [5.41, 5.74) is 0.697. The summed E-state index contributed by atoms with van der Waals surface area (Å²) in [4.78, 5) is 12.9. The van der Waals surface area contributed by atoms with Gasteiger partial charge in [-0.05, 0) is 18.2 Å². The lowest BCUT2D eigenvalue weighted by atomic mass is 10.1. The van der Waals surface area contributed by atoms with Crippen LogP contribution in [0, 0.1) is 10.1 Å². The van der Waals surface area contributed by atoms with Crippen molar-refractivity contribution in [3.05, 3.63) is 39.6 Å². The molecule has 0 aliphatic carbocycles. The molecule has 1 fully saturated rings. The molecule has 112 valence electrons. The summed E-state index contributed by atoms with van der Waals surface area (Å²) in [7, 11) is 1.56. The lowest BCUT2D eigenvalue weighted by Gasteiger charge is -2.34. The number of rotatable bonds is 3. The van der Waals surface area contributed by atoms with Crippen molar-refractivity contribution in [3.63, 3.8) is 0 Å². The molecule has 0 bridgehead atoms. The zero-order valence-corrected chi connectivity index (χ0v) is 11.7.